The number of carbonyl (C=O) groups excluding carboxylic acids is 2. The van der Waals surface area contributed by atoms with Gasteiger partial charge in [0.1, 0.15) is 0 Å². The molecule has 2 rings (SSSR count). The molecule has 1 aromatic rings. The number of hydrogen-bond acceptors (Lipinski definition) is 5. The van der Waals surface area contributed by atoms with E-state index in [1.54, 1.807) is 14.2 Å². The van der Waals surface area contributed by atoms with Crippen molar-refractivity contribution < 1.29 is 19.1 Å². The fourth-order valence-corrected chi connectivity index (χ4v) is 2.30. The van der Waals surface area contributed by atoms with Crippen LogP contribution in [0.15, 0.2) is 18.2 Å². The quantitative estimate of drug-likeness (QED) is 0.745. The van der Waals surface area contributed by atoms with Gasteiger partial charge >= 0.3 is 6.03 Å². The number of methoxy groups -OCH3 is 2. The second-order valence-corrected chi connectivity index (χ2v) is 5.97. The number of rotatable bonds is 8. The van der Waals surface area contributed by atoms with Crippen LogP contribution in [0, 0.1) is 0 Å². The van der Waals surface area contributed by atoms with Crippen LogP contribution in [0.1, 0.15) is 18.4 Å². The average Bonchev–Trinajstić information content (AvgIpc) is 3.36. The van der Waals surface area contributed by atoms with E-state index >= 15 is 0 Å². The molecule has 1 aliphatic rings. The number of amides is 3. The van der Waals surface area contributed by atoms with Crippen LogP contribution in [-0.2, 0) is 11.2 Å². The smallest absolute Gasteiger partial charge is 0.321 e. The van der Waals surface area contributed by atoms with Crippen LogP contribution in [0.5, 0.6) is 11.5 Å². The Morgan fingerprint density at radius 1 is 1.21 bits per heavy atom. The summed E-state index contributed by atoms with van der Waals surface area (Å²) in [6, 6.07) is 5.59. The molecule has 2 N–H and O–H groups in total. The maximum absolute atomic E-state index is 11.8. The lowest BCUT2D eigenvalue weighted by molar-refractivity contribution is -0.120. The number of urea groups is 1. The lowest BCUT2D eigenvalue weighted by atomic mass is 10.1. The van der Waals surface area contributed by atoms with Gasteiger partial charge in [0.15, 0.2) is 11.5 Å². The van der Waals surface area contributed by atoms with Crippen molar-refractivity contribution in [3.8, 4) is 11.5 Å². The Bertz CT molecular complexity index is 587. The van der Waals surface area contributed by atoms with Crippen molar-refractivity contribution >= 4 is 11.9 Å². The van der Waals surface area contributed by atoms with Crippen LogP contribution in [0.2, 0.25) is 0 Å². The summed E-state index contributed by atoms with van der Waals surface area (Å²) in [7, 11) is 5.05. The van der Waals surface area contributed by atoms with Crippen molar-refractivity contribution in [2.75, 3.05) is 34.4 Å². The third-order valence-corrected chi connectivity index (χ3v) is 3.81. The van der Waals surface area contributed by atoms with Gasteiger partial charge in [0.25, 0.3) is 0 Å². The molecule has 1 saturated carbocycles. The van der Waals surface area contributed by atoms with Gasteiger partial charge in [-0.05, 0) is 44.0 Å². The Hall–Kier alpha value is -2.28. The van der Waals surface area contributed by atoms with Gasteiger partial charge < -0.3 is 14.8 Å². The largest absolute Gasteiger partial charge is 0.493 e. The Balaban J connectivity index is 1.74. The van der Waals surface area contributed by atoms with Gasteiger partial charge in [-0.15, -0.1) is 0 Å². The summed E-state index contributed by atoms with van der Waals surface area (Å²) in [5, 5.41) is 5.07. The highest BCUT2D eigenvalue weighted by Crippen LogP contribution is 2.27. The van der Waals surface area contributed by atoms with E-state index in [1.165, 1.54) is 0 Å². The van der Waals surface area contributed by atoms with Crippen molar-refractivity contribution in [2.45, 2.75) is 25.3 Å². The van der Waals surface area contributed by atoms with Crippen molar-refractivity contribution in [3.63, 3.8) is 0 Å². The van der Waals surface area contributed by atoms with E-state index in [1.807, 2.05) is 30.1 Å². The minimum atomic E-state index is -0.407. The predicted octanol–water partition coefficient (Wildman–Crippen LogP) is 1.17. The molecule has 7 heteroatoms. The van der Waals surface area contributed by atoms with Crippen LogP contribution in [0.25, 0.3) is 0 Å². The minimum Gasteiger partial charge on any atom is -0.493 e. The Morgan fingerprint density at radius 3 is 2.54 bits per heavy atom. The zero-order valence-corrected chi connectivity index (χ0v) is 14.4. The molecule has 0 saturated heterocycles. The number of ether oxygens (including phenoxy) is 2. The number of imide groups is 1. The number of likely N-dealkylation sites (N-methyl/N-ethyl adjacent to an activating group) is 1. The molecule has 0 aromatic heterocycles. The van der Waals surface area contributed by atoms with E-state index in [2.05, 4.69) is 10.6 Å². The summed E-state index contributed by atoms with van der Waals surface area (Å²) in [4.78, 5) is 25.2. The molecular formula is C17H25N3O4. The molecule has 0 bridgehead atoms. The van der Waals surface area contributed by atoms with Gasteiger partial charge in [-0.3, -0.25) is 15.0 Å². The van der Waals surface area contributed by atoms with E-state index < -0.39 is 6.03 Å². The molecule has 7 nitrogen and oxygen atoms in total. The van der Waals surface area contributed by atoms with Crippen molar-refractivity contribution in [1.29, 1.82) is 0 Å². The average molecular weight is 335 g/mol. The van der Waals surface area contributed by atoms with E-state index in [0.717, 1.165) is 24.8 Å². The fraction of sp³-hybridized carbons (Fsp3) is 0.529. The Labute approximate surface area is 142 Å². The maximum atomic E-state index is 11.8. The molecule has 0 radical (unpaired) electrons. The van der Waals surface area contributed by atoms with Crippen molar-refractivity contribution in [3.05, 3.63) is 23.8 Å². The van der Waals surface area contributed by atoms with Crippen LogP contribution >= 0.6 is 0 Å². The summed E-state index contributed by atoms with van der Waals surface area (Å²) in [6.07, 6.45) is 2.75. The summed E-state index contributed by atoms with van der Waals surface area (Å²) in [5.41, 5.74) is 1.09. The minimum absolute atomic E-state index is 0.172. The highest BCUT2D eigenvalue weighted by Gasteiger charge is 2.24. The number of hydrogen-bond donors (Lipinski definition) is 2. The molecule has 0 heterocycles. The van der Waals surface area contributed by atoms with E-state index in [-0.39, 0.29) is 18.5 Å². The van der Waals surface area contributed by atoms with Crippen molar-refractivity contribution in [1.82, 2.24) is 15.5 Å². The lowest BCUT2D eigenvalue weighted by Gasteiger charge is -2.16. The molecular weight excluding hydrogens is 310 g/mol. The third-order valence-electron chi connectivity index (χ3n) is 3.81. The SMILES string of the molecule is COc1ccc(CCN(C)CC(=O)NC(=O)NC2CC2)cc1OC. The lowest BCUT2D eigenvalue weighted by Crippen LogP contribution is -2.44. The monoisotopic (exact) mass is 335 g/mol. The van der Waals surface area contributed by atoms with Gasteiger partial charge in [-0.1, -0.05) is 6.07 Å². The molecule has 0 aliphatic heterocycles. The molecule has 132 valence electrons. The zero-order chi connectivity index (χ0) is 17.5. The summed E-state index contributed by atoms with van der Waals surface area (Å²) in [5.74, 6) is 1.07. The van der Waals surface area contributed by atoms with Gasteiger partial charge in [0.05, 0.1) is 20.8 Å². The van der Waals surface area contributed by atoms with E-state index in [9.17, 15) is 9.59 Å². The van der Waals surface area contributed by atoms with Crippen LogP contribution in [0.3, 0.4) is 0 Å². The van der Waals surface area contributed by atoms with E-state index in [4.69, 9.17) is 9.47 Å². The Kier molecular flexibility index (Phi) is 6.43. The topological polar surface area (TPSA) is 79.9 Å². The molecule has 0 unspecified atom stereocenters. The zero-order valence-electron chi connectivity index (χ0n) is 14.4. The number of nitrogens with zero attached hydrogens (tertiary/aromatic N) is 1. The standard InChI is InChI=1S/C17H25N3O4/c1-20(11-16(21)19-17(22)18-13-5-6-13)9-8-12-4-7-14(23-2)15(10-12)24-3/h4,7,10,13H,5-6,8-9,11H2,1-3H3,(H2,18,19,21,22). The summed E-state index contributed by atoms with van der Waals surface area (Å²) < 4.78 is 10.5. The highest BCUT2D eigenvalue weighted by molar-refractivity contribution is 5.95. The molecule has 24 heavy (non-hydrogen) atoms. The number of carbonyl (C=O) groups is 2. The Morgan fingerprint density at radius 2 is 1.92 bits per heavy atom. The molecule has 3 amide bonds. The number of benzene rings is 1. The molecule has 1 aromatic carbocycles. The first kappa shape index (κ1) is 18.1. The van der Waals surface area contributed by atoms with E-state index in [0.29, 0.717) is 18.0 Å². The van der Waals surface area contributed by atoms with Gasteiger partial charge in [-0.2, -0.15) is 0 Å². The summed E-state index contributed by atoms with van der Waals surface area (Å²) >= 11 is 0. The van der Waals surface area contributed by atoms with Gasteiger partial charge in [0, 0.05) is 12.6 Å². The first-order chi connectivity index (χ1) is 11.5. The maximum Gasteiger partial charge on any atom is 0.321 e. The summed E-state index contributed by atoms with van der Waals surface area (Å²) in [6.45, 7) is 0.860. The third kappa shape index (κ3) is 5.73. The molecule has 1 fully saturated rings. The van der Waals surface area contributed by atoms with Crippen LogP contribution in [0.4, 0.5) is 4.79 Å². The molecule has 0 spiro atoms. The first-order valence-electron chi connectivity index (χ1n) is 8.01. The van der Waals surface area contributed by atoms with Gasteiger partial charge in [0.2, 0.25) is 5.91 Å². The van der Waals surface area contributed by atoms with Crippen LogP contribution in [-0.4, -0.2) is 57.2 Å². The molecule has 1 aliphatic carbocycles. The first-order valence-corrected chi connectivity index (χ1v) is 8.01. The fourth-order valence-electron chi connectivity index (χ4n) is 2.30. The predicted molar refractivity (Wildman–Crippen MR) is 90.4 cm³/mol. The second kappa shape index (κ2) is 8.54. The van der Waals surface area contributed by atoms with Crippen LogP contribution < -0.4 is 20.1 Å². The number of nitrogens with one attached hydrogen (secondary N) is 2. The van der Waals surface area contributed by atoms with Crippen molar-refractivity contribution in [2.24, 2.45) is 0 Å². The van der Waals surface area contributed by atoms with Gasteiger partial charge in [-0.25, -0.2) is 4.79 Å². The normalized spacial score (nSPS) is 13.5. The highest BCUT2D eigenvalue weighted by atomic mass is 16.5. The molecule has 0 atom stereocenters. The second-order valence-electron chi connectivity index (χ2n) is 5.97.